The lowest BCUT2D eigenvalue weighted by Crippen LogP contribution is -2.24. The largest absolute Gasteiger partial charge is 0.315 e. The Kier molecular flexibility index (Phi) is 4.80. The first kappa shape index (κ1) is 16.6. The molecule has 0 bridgehead atoms. The molecule has 0 saturated heterocycles. The first-order chi connectivity index (χ1) is 12.8. The van der Waals surface area contributed by atoms with Crippen molar-refractivity contribution >= 4 is 28.4 Å². The van der Waals surface area contributed by atoms with Crippen molar-refractivity contribution in [3.8, 4) is 6.07 Å². The fourth-order valence-electron chi connectivity index (χ4n) is 2.51. The molecule has 3 aromatic rings. The summed E-state index contributed by atoms with van der Waals surface area (Å²) >= 11 is 0. The topological polar surface area (TPSA) is 47.8 Å². The molecule has 0 saturated carbocycles. The van der Waals surface area contributed by atoms with E-state index in [0.29, 0.717) is 11.3 Å². The van der Waals surface area contributed by atoms with Crippen LogP contribution in [0.15, 0.2) is 72.8 Å². The Labute approximate surface area is 152 Å². The summed E-state index contributed by atoms with van der Waals surface area (Å²) in [5, 5.41) is 10.9. The van der Waals surface area contributed by atoms with Crippen LogP contribution in [0.5, 0.6) is 0 Å². The molecular formula is C21H13N5. The van der Waals surface area contributed by atoms with Crippen molar-refractivity contribution in [2.75, 3.05) is 10.4 Å². The van der Waals surface area contributed by atoms with Gasteiger partial charge in [0.15, 0.2) is 0 Å². The van der Waals surface area contributed by atoms with Gasteiger partial charge in [-0.3, -0.25) is 5.01 Å². The van der Waals surface area contributed by atoms with Crippen molar-refractivity contribution in [3.05, 3.63) is 101 Å². The average Bonchev–Trinajstić information content (AvgIpc) is 2.72. The molecule has 0 aromatic heterocycles. The summed E-state index contributed by atoms with van der Waals surface area (Å²) in [6.07, 6.45) is 0. The molecule has 122 valence electrons. The van der Waals surface area contributed by atoms with Gasteiger partial charge in [-0.05, 0) is 36.4 Å². The molecule has 5 nitrogen and oxygen atoms in total. The highest BCUT2D eigenvalue weighted by Crippen LogP contribution is 2.39. The van der Waals surface area contributed by atoms with E-state index in [1.54, 1.807) is 0 Å². The highest BCUT2D eigenvalue weighted by atomic mass is 15.5. The van der Waals surface area contributed by atoms with Gasteiger partial charge in [-0.25, -0.2) is 9.69 Å². The number of hydrazine groups is 1. The molecule has 3 rings (SSSR count). The van der Waals surface area contributed by atoms with E-state index < -0.39 is 0 Å². The van der Waals surface area contributed by atoms with E-state index in [2.05, 4.69) is 15.1 Å². The van der Waals surface area contributed by atoms with Crippen LogP contribution in [0.25, 0.3) is 9.69 Å². The fraction of sp³-hybridized carbons (Fsp3) is 0. The van der Waals surface area contributed by atoms with Gasteiger partial charge in [0.05, 0.1) is 36.3 Å². The van der Waals surface area contributed by atoms with Crippen molar-refractivity contribution in [2.45, 2.75) is 0 Å². The van der Waals surface area contributed by atoms with Gasteiger partial charge < -0.3 is 5.43 Å². The van der Waals surface area contributed by atoms with Gasteiger partial charge in [0.25, 0.3) is 0 Å². The molecule has 0 aliphatic carbocycles. The smallest absolute Gasteiger partial charge is 0.202 e. The molecule has 0 unspecified atom stereocenters. The first-order valence-corrected chi connectivity index (χ1v) is 7.76. The number of nitrogens with zero attached hydrogens (tertiary/aromatic N) is 4. The monoisotopic (exact) mass is 335 g/mol. The molecule has 0 amide bonds. The molecule has 0 radical (unpaired) electrons. The van der Waals surface area contributed by atoms with Crippen LogP contribution in [0.3, 0.4) is 0 Å². The molecule has 0 aliphatic rings. The molecule has 0 spiro atoms. The summed E-state index contributed by atoms with van der Waals surface area (Å²) in [4.78, 5) is 6.99. The number of hydrogen-bond acceptors (Lipinski definition) is 3. The summed E-state index contributed by atoms with van der Waals surface area (Å²) in [6, 6.07) is 24.2. The first-order valence-electron chi connectivity index (χ1n) is 7.76. The molecule has 26 heavy (non-hydrogen) atoms. The average molecular weight is 335 g/mol. The minimum atomic E-state index is 0.229. The number of benzene rings is 3. The van der Waals surface area contributed by atoms with Crippen molar-refractivity contribution in [1.82, 2.24) is 0 Å². The maximum absolute atomic E-state index is 9.12. The van der Waals surface area contributed by atoms with Crippen LogP contribution in [-0.4, -0.2) is 0 Å². The van der Waals surface area contributed by atoms with Crippen LogP contribution in [-0.2, 0) is 0 Å². The van der Waals surface area contributed by atoms with Crippen LogP contribution >= 0.6 is 0 Å². The Morgan fingerprint density at radius 2 is 1.27 bits per heavy atom. The van der Waals surface area contributed by atoms with Gasteiger partial charge >= 0.3 is 0 Å². The number of rotatable bonds is 4. The van der Waals surface area contributed by atoms with Gasteiger partial charge in [0, 0.05) is 5.56 Å². The fourth-order valence-corrected chi connectivity index (χ4v) is 2.51. The highest BCUT2D eigenvalue weighted by molar-refractivity contribution is 5.87. The third kappa shape index (κ3) is 3.31. The van der Waals surface area contributed by atoms with Crippen LogP contribution in [0, 0.1) is 24.5 Å². The van der Waals surface area contributed by atoms with Gasteiger partial charge in [-0.2, -0.15) is 5.26 Å². The Morgan fingerprint density at radius 3 is 1.65 bits per heavy atom. The third-order valence-corrected chi connectivity index (χ3v) is 3.72. The van der Waals surface area contributed by atoms with Crippen LogP contribution < -0.4 is 10.4 Å². The molecule has 0 heterocycles. The van der Waals surface area contributed by atoms with E-state index >= 15 is 0 Å². The number of nitriles is 1. The van der Waals surface area contributed by atoms with Crippen LogP contribution in [0.4, 0.5) is 28.4 Å². The summed E-state index contributed by atoms with van der Waals surface area (Å²) in [5.74, 6) is 0. The van der Waals surface area contributed by atoms with E-state index in [-0.39, 0.29) is 11.4 Å². The lowest BCUT2D eigenvalue weighted by molar-refractivity contribution is 1.17. The third-order valence-electron chi connectivity index (χ3n) is 3.72. The SMILES string of the molecule is [C-]#[N+]c1cc(C#N)cc([N+]#[C-])c1NN(c1ccccc1)c1ccccc1. The van der Waals surface area contributed by atoms with E-state index in [9.17, 15) is 0 Å². The predicted octanol–water partition coefficient (Wildman–Crippen LogP) is 5.83. The second-order valence-electron chi connectivity index (χ2n) is 5.34. The van der Waals surface area contributed by atoms with Gasteiger partial charge in [-0.15, -0.1) is 0 Å². The summed E-state index contributed by atoms with van der Waals surface area (Å²) in [5.41, 5.74) is 6.04. The van der Waals surface area contributed by atoms with E-state index in [1.807, 2.05) is 71.7 Å². The van der Waals surface area contributed by atoms with Gasteiger partial charge in [-0.1, -0.05) is 36.4 Å². The molecule has 5 heteroatoms. The molecule has 0 fully saturated rings. The Bertz CT molecular complexity index is 963. The maximum atomic E-state index is 9.12. The zero-order valence-electron chi connectivity index (χ0n) is 13.7. The quantitative estimate of drug-likeness (QED) is 0.482. The standard InChI is InChI=1S/C21H13N5/c1-23-19-13-16(15-22)14-20(24-2)21(19)25-26(17-9-5-3-6-10-17)18-11-7-4-8-12-18/h3-14,25H. The summed E-state index contributed by atoms with van der Waals surface area (Å²) in [7, 11) is 0. The predicted molar refractivity (Wildman–Crippen MR) is 102 cm³/mol. The minimum absolute atomic E-state index is 0.229. The van der Waals surface area contributed by atoms with Crippen molar-refractivity contribution in [1.29, 1.82) is 5.26 Å². The lowest BCUT2D eigenvalue weighted by Gasteiger charge is -2.28. The Morgan fingerprint density at radius 1 is 0.808 bits per heavy atom. The second kappa shape index (κ2) is 7.53. The van der Waals surface area contributed by atoms with E-state index in [1.165, 1.54) is 12.1 Å². The molecular weight excluding hydrogens is 322 g/mol. The van der Waals surface area contributed by atoms with Gasteiger partial charge in [0.1, 0.15) is 0 Å². The van der Waals surface area contributed by atoms with Crippen molar-refractivity contribution in [2.24, 2.45) is 0 Å². The number of nitrogens with one attached hydrogen (secondary N) is 1. The molecule has 0 atom stereocenters. The Hall–Kier alpha value is -4.27. The van der Waals surface area contributed by atoms with Crippen LogP contribution in [0.1, 0.15) is 5.56 Å². The van der Waals surface area contributed by atoms with Crippen molar-refractivity contribution in [3.63, 3.8) is 0 Å². The minimum Gasteiger partial charge on any atom is -0.315 e. The number of anilines is 3. The highest BCUT2D eigenvalue weighted by Gasteiger charge is 2.16. The maximum Gasteiger partial charge on any atom is 0.202 e. The van der Waals surface area contributed by atoms with Gasteiger partial charge in [0.2, 0.25) is 11.4 Å². The Balaban J connectivity index is 2.14. The number of hydrogen-bond donors (Lipinski definition) is 1. The molecule has 1 N–H and O–H groups in total. The normalized spacial score (nSPS) is 9.42. The van der Waals surface area contributed by atoms with E-state index in [0.717, 1.165) is 11.4 Å². The molecule has 0 aliphatic heterocycles. The van der Waals surface area contributed by atoms with Crippen LogP contribution in [0.2, 0.25) is 0 Å². The zero-order chi connectivity index (χ0) is 18.4. The molecule has 3 aromatic carbocycles. The summed E-state index contributed by atoms with van der Waals surface area (Å²) < 4.78 is 0. The van der Waals surface area contributed by atoms with Crippen molar-refractivity contribution < 1.29 is 0 Å². The number of para-hydroxylation sites is 2. The second-order valence-corrected chi connectivity index (χ2v) is 5.34. The lowest BCUT2D eigenvalue weighted by atomic mass is 10.1. The summed E-state index contributed by atoms with van der Waals surface area (Å²) in [6.45, 7) is 14.9. The van der Waals surface area contributed by atoms with E-state index in [4.69, 9.17) is 18.4 Å². The zero-order valence-corrected chi connectivity index (χ0v) is 13.7.